The number of aryl methyl sites for hydroxylation is 1. The molecule has 0 aliphatic carbocycles. The first kappa shape index (κ1) is 11.6. The molecule has 1 saturated heterocycles. The van der Waals surface area contributed by atoms with Crippen molar-refractivity contribution in [3.63, 3.8) is 0 Å². The maximum atomic E-state index is 5.45. The third-order valence-electron chi connectivity index (χ3n) is 3.21. The molecule has 16 heavy (non-hydrogen) atoms. The van der Waals surface area contributed by atoms with Crippen LogP contribution in [-0.2, 0) is 11.3 Å². The number of rotatable bonds is 5. The van der Waals surface area contributed by atoms with Crippen LogP contribution in [0.25, 0.3) is 0 Å². The Bertz CT molecular complexity index is 318. The Morgan fingerprint density at radius 1 is 1.69 bits per heavy atom. The Labute approximate surface area is 97.0 Å². The predicted octanol–water partition coefficient (Wildman–Crippen LogP) is 1.59. The van der Waals surface area contributed by atoms with Crippen LogP contribution in [0, 0.1) is 5.92 Å². The van der Waals surface area contributed by atoms with Crippen LogP contribution in [0.5, 0.6) is 0 Å². The van der Waals surface area contributed by atoms with Crippen molar-refractivity contribution in [2.24, 2.45) is 5.92 Å². The molecule has 1 aromatic heterocycles. The third kappa shape index (κ3) is 2.44. The van der Waals surface area contributed by atoms with Crippen LogP contribution in [0.4, 0.5) is 0 Å². The molecule has 1 aromatic rings. The van der Waals surface area contributed by atoms with Gasteiger partial charge in [-0.05, 0) is 19.9 Å². The molecule has 2 atom stereocenters. The summed E-state index contributed by atoms with van der Waals surface area (Å²) >= 11 is 0. The van der Waals surface area contributed by atoms with Gasteiger partial charge in [-0.1, -0.05) is 6.92 Å². The van der Waals surface area contributed by atoms with Gasteiger partial charge in [0.25, 0.3) is 0 Å². The zero-order valence-corrected chi connectivity index (χ0v) is 10.1. The predicted molar refractivity (Wildman–Crippen MR) is 63.2 cm³/mol. The first-order valence-corrected chi connectivity index (χ1v) is 6.12. The van der Waals surface area contributed by atoms with Gasteiger partial charge < -0.3 is 10.1 Å². The smallest absolute Gasteiger partial charge is 0.0537 e. The Morgan fingerprint density at radius 3 is 3.19 bits per heavy atom. The number of nitrogens with zero attached hydrogens (tertiary/aromatic N) is 2. The zero-order valence-electron chi connectivity index (χ0n) is 10.1. The number of nitrogens with one attached hydrogen (secondary N) is 1. The summed E-state index contributed by atoms with van der Waals surface area (Å²) in [7, 11) is 2.01. The van der Waals surface area contributed by atoms with E-state index in [0.717, 1.165) is 32.6 Å². The van der Waals surface area contributed by atoms with E-state index in [4.69, 9.17) is 4.74 Å². The fraction of sp³-hybridized carbons (Fsp3) is 0.750. The zero-order chi connectivity index (χ0) is 11.4. The molecule has 1 N–H and O–H groups in total. The highest BCUT2D eigenvalue weighted by atomic mass is 16.5. The number of hydrogen-bond donors (Lipinski definition) is 1. The Kier molecular flexibility index (Phi) is 3.96. The summed E-state index contributed by atoms with van der Waals surface area (Å²) < 4.78 is 7.47. The molecule has 0 amide bonds. The van der Waals surface area contributed by atoms with Gasteiger partial charge in [-0.2, -0.15) is 5.10 Å². The Balaban J connectivity index is 2.06. The standard InChI is InChI=1S/C12H21N3O/c1-3-5-15-8-11(7-14-15)12(13-2)10-4-6-16-9-10/h7-8,10,12-13H,3-6,9H2,1-2H3. The van der Waals surface area contributed by atoms with E-state index in [0.29, 0.717) is 12.0 Å². The summed E-state index contributed by atoms with van der Waals surface area (Å²) in [5.41, 5.74) is 1.28. The monoisotopic (exact) mass is 223 g/mol. The van der Waals surface area contributed by atoms with Gasteiger partial charge >= 0.3 is 0 Å². The van der Waals surface area contributed by atoms with Crippen LogP contribution >= 0.6 is 0 Å². The Morgan fingerprint density at radius 2 is 2.56 bits per heavy atom. The summed E-state index contributed by atoms with van der Waals surface area (Å²) in [6, 6.07) is 0.383. The number of hydrogen-bond acceptors (Lipinski definition) is 3. The lowest BCUT2D eigenvalue weighted by Crippen LogP contribution is -2.25. The molecule has 0 bridgehead atoms. The van der Waals surface area contributed by atoms with Gasteiger partial charge in [-0.25, -0.2) is 0 Å². The van der Waals surface area contributed by atoms with Gasteiger partial charge in [0.2, 0.25) is 0 Å². The Hall–Kier alpha value is -0.870. The second kappa shape index (κ2) is 5.46. The summed E-state index contributed by atoms with van der Waals surface area (Å²) in [5, 5.41) is 7.76. The molecule has 2 heterocycles. The second-order valence-corrected chi connectivity index (χ2v) is 4.43. The maximum absolute atomic E-state index is 5.45. The van der Waals surface area contributed by atoms with Gasteiger partial charge in [0.05, 0.1) is 12.8 Å². The highest BCUT2D eigenvalue weighted by Crippen LogP contribution is 2.28. The summed E-state index contributed by atoms with van der Waals surface area (Å²) in [6.07, 6.45) is 6.40. The summed E-state index contributed by atoms with van der Waals surface area (Å²) in [6.45, 7) is 4.93. The van der Waals surface area contributed by atoms with Crippen molar-refractivity contribution in [3.05, 3.63) is 18.0 Å². The average molecular weight is 223 g/mol. The summed E-state index contributed by atoms with van der Waals surface area (Å²) in [5.74, 6) is 0.587. The van der Waals surface area contributed by atoms with Gasteiger partial charge in [0.1, 0.15) is 0 Å². The van der Waals surface area contributed by atoms with E-state index in [2.05, 4.69) is 23.5 Å². The minimum atomic E-state index is 0.383. The first-order valence-electron chi connectivity index (χ1n) is 6.12. The van der Waals surface area contributed by atoms with E-state index in [1.165, 1.54) is 5.56 Å². The molecule has 1 aliphatic heterocycles. The molecule has 0 spiro atoms. The third-order valence-corrected chi connectivity index (χ3v) is 3.21. The molecule has 2 unspecified atom stereocenters. The lowest BCUT2D eigenvalue weighted by atomic mass is 9.95. The van der Waals surface area contributed by atoms with Crippen molar-refractivity contribution >= 4 is 0 Å². The lowest BCUT2D eigenvalue weighted by molar-refractivity contribution is 0.178. The second-order valence-electron chi connectivity index (χ2n) is 4.43. The molecular weight excluding hydrogens is 202 g/mol. The molecule has 2 rings (SSSR count). The van der Waals surface area contributed by atoms with Crippen molar-refractivity contribution in [1.82, 2.24) is 15.1 Å². The number of aromatic nitrogens is 2. The highest BCUT2D eigenvalue weighted by molar-refractivity contribution is 5.12. The highest BCUT2D eigenvalue weighted by Gasteiger charge is 2.26. The van der Waals surface area contributed by atoms with Gasteiger partial charge in [-0.3, -0.25) is 4.68 Å². The molecule has 90 valence electrons. The molecule has 1 aliphatic rings. The normalized spacial score (nSPS) is 22.5. The quantitative estimate of drug-likeness (QED) is 0.824. The van der Waals surface area contributed by atoms with E-state index in [1.54, 1.807) is 0 Å². The van der Waals surface area contributed by atoms with Gasteiger partial charge in [0, 0.05) is 36.9 Å². The maximum Gasteiger partial charge on any atom is 0.0537 e. The van der Waals surface area contributed by atoms with Crippen molar-refractivity contribution in [3.8, 4) is 0 Å². The largest absolute Gasteiger partial charge is 0.381 e. The van der Waals surface area contributed by atoms with Crippen LogP contribution in [0.15, 0.2) is 12.4 Å². The van der Waals surface area contributed by atoms with Crippen LogP contribution < -0.4 is 5.32 Å². The van der Waals surface area contributed by atoms with Crippen LogP contribution in [0.1, 0.15) is 31.4 Å². The fourth-order valence-corrected chi connectivity index (χ4v) is 2.38. The molecule has 0 radical (unpaired) electrons. The first-order chi connectivity index (χ1) is 7.85. The van der Waals surface area contributed by atoms with Crippen LogP contribution in [0.3, 0.4) is 0 Å². The SMILES string of the molecule is CCCn1cc(C(NC)C2CCOC2)cn1. The van der Waals surface area contributed by atoms with E-state index >= 15 is 0 Å². The van der Waals surface area contributed by atoms with Crippen molar-refractivity contribution in [1.29, 1.82) is 0 Å². The summed E-state index contributed by atoms with van der Waals surface area (Å²) in [4.78, 5) is 0. The topological polar surface area (TPSA) is 39.1 Å². The van der Waals surface area contributed by atoms with E-state index in [1.807, 2.05) is 17.9 Å². The van der Waals surface area contributed by atoms with Crippen molar-refractivity contribution < 1.29 is 4.74 Å². The van der Waals surface area contributed by atoms with E-state index in [9.17, 15) is 0 Å². The molecule has 0 aromatic carbocycles. The molecule has 4 nitrogen and oxygen atoms in total. The van der Waals surface area contributed by atoms with Crippen LogP contribution in [0.2, 0.25) is 0 Å². The fourth-order valence-electron chi connectivity index (χ4n) is 2.38. The molecular formula is C12H21N3O. The van der Waals surface area contributed by atoms with E-state index < -0.39 is 0 Å². The number of ether oxygens (including phenoxy) is 1. The molecule has 1 fully saturated rings. The van der Waals surface area contributed by atoms with Crippen LogP contribution in [-0.4, -0.2) is 30.0 Å². The van der Waals surface area contributed by atoms with Crippen molar-refractivity contribution in [2.75, 3.05) is 20.3 Å². The minimum Gasteiger partial charge on any atom is -0.381 e. The van der Waals surface area contributed by atoms with Crippen molar-refractivity contribution in [2.45, 2.75) is 32.4 Å². The van der Waals surface area contributed by atoms with E-state index in [-0.39, 0.29) is 0 Å². The molecule has 4 heteroatoms. The molecule has 0 saturated carbocycles. The van der Waals surface area contributed by atoms with Gasteiger partial charge in [-0.15, -0.1) is 0 Å². The average Bonchev–Trinajstić information content (AvgIpc) is 2.92. The lowest BCUT2D eigenvalue weighted by Gasteiger charge is -2.20. The minimum absolute atomic E-state index is 0.383. The van der Waals surface area contributed by atoms with Gasteiger partial charge in [0.15, 0.2) is 0 Å².